The highest BCUT2D eigenvalue weighted by Gasteiger charge is 2.44. The Labute approximate surface area is 113 Å². The van der Waals surface area contributed by atoms with E-state index in [1.807, 2.05) is 6.07 Å². The molecule has 0 aromatic carbocycles. The molecule has 1 aliphatic heterocycles. The zero-order valence-electron chi connectivity index (χ0n) is 10.8. The fraction of sp³-hybridized carbons (Fsp3) is 0.714. The molecule has 2 N–H and O–H groups in total. The molecule has 3 nitrogen and oxygen atoms in total. The van der Waals surface area contributed by atoms with Gasteiger partial charge in [-0.3, -0.25) is 4.90 Å². The predicted molar refractivity (Wildman–Crippen MR) is 75.6 cm³/mol. The van der Waals surface area contributed by atoms with Crippen molar-refractivity contribution in [2.45, 2.75) is 43.8 Å². The maximum absolute atomic E-state index is 6.15. The molecular formula is C14H22N2OS. The lowest BCUT2D eigenvalue weighted by Gasteiger charge is -2.46. The van der Waals surface area contributed by atoms with Crippen molar-refractivity contribution in [1.29, 1.82) is 0 Å². The van der Waals surface area contributed by atoms with Crippen LogP contribution in [0.4, 0.5) is 0 Å². The van der Waals surface area contributed by atoms with Crippen LogP contribution >= 0.6 is 11.8 Å². The molecule has 1 aliphatic carbocycles. The van der Waals surface area contributed by atoms with E-state index >= 15 is 0 Å². The van der Waals surface area contributed by atoms with E-state index < -0.39 is 0 Å². The van der Waals surface area contributed by atoms with E-state index in [1.54, 1.807) is 6.26 Å². The van der Waals surface area contributed by atoms with E-state index in [1.165, 1.54) is 37.2 Å². The van der Waals surface area contributed by atoms with Gasteiger partial charge in [0.2, 0.25) is 0 Å². The molecule has 0 unspecified atom stereocenters. The molecule has 0 amide bonds. The maximum Gasteiger partial charge on any atom is 0.117 e. The Hall–Kier alpha value is -0.450. The molecule has 1 aromatic heterocycles. The highest BCUT2D eigenvalue weighted by atomic mass is 32.2. The smallest absolute Gasteiger partial charge is 0.117 e. The standard InChI is InChI=1S/C14H22N2OS/c15-11-14(5-8-18-9-6-14)16(12-3-4-12)10-13-2-1-7-17-13/h1-2,7,12H,3-6,8-11,15H2. The maximum atomic E-state index is 6.15. The molecular weight excluding hydrogens is 244 g/mol. The second-order valence-electron chi connectivity index (χ2n) is 5.48. The van der Waals surface area contributed by atoms with Gasteiger partial charge in [-0.1, -0.05) is 0 Å². The van der Waals surface area contributed by atoms with Crippen LogP contribution in [0.3, 0.4) is 0 Å². The summed E-state index contributed by atoms with van der Waals surface area (Å²) in [7, 11) is 0. The van der Waals surface area contributed by atoms with Crippen molar-refractivity contribution in [2.24, 2.45) is 5.73 Å². The summed E-state index contributed by atoms with van der Waals surface area (Å²) >= 11 is 2.06. The van der Waals surface area contributed by atoms with Gasteiger partial charge in [0.15, 0.2) is 0 Å². The second kappa shape index (κ2) is 5.27. The molecule has 0 bridgehead atoms. The monoisotopic (exact) mass is 266 g/mol. The number of hydrogen-bond acceptors (Lipinski definition) is 4. The summed E-state index contributed by atoms with van der Waals surface area (Å²) < 4.78 is 5.53. The molecule has 2 heterocycles. The Kier molecular flexibility index (Phi) is 3.68. The topological polar surface area (TPSA) is 42.4 Å². The van der Waals surface area contributed by atoms with Gasteiger partial charge in [-0.2, -0.15) is 11.8 Å². The SMILES string of the molecule is NCC1(N(Cc2ccco2)C2CC2)CCSCC1. The first-order chi connectivity index (χ1) is 8.84. The Morgan fingerprint density at radius 3 is 2.72 bits per heavy atom. The minimum atomic E-state index is 0.221. The lowest BCUT2D eigenvalue weighted by atomic mass is 9.89. The van der Waals surface area contributed by atoms with Crippen LogP contribution in [0, 0.1) is 0 Å². The first kappa shape index (κ1) is 12.6. The molecule has 100 valence electrons. The fourth-order valence-electron chi connectivity index (χ4n) is 3.00. The second-order valence-corrected chi connectivity index (χ2v) is 6.70. The summed E-state index contributed by atoms with van der Waals surface area (Å²) in [5, 5.41) is 0. The van der Waals surface area contributed by atoms with Crippen molar-refractivity contribution < 1.29 is 4.42 Å². The van der Waals surface area contributed by atoms with Crippen molar-refractivity contribution >= 4 is 11.8 Å². The Bertz CT molecular complexity index is 369. The van der Waals surface area contributed by atoms with Crippen LogP contribution in [0.25, 0.3) is 0 Å². The van der Waals surface area contributed by atoms with Gasteiger partial charge in [-0.15, -0.1) is 0 Å². The third-order valence-electron chi connectivity index (χ3n) is 4.31. The van der Waals surface area contributed by atoms with E-state index in [2.05, 4.69) is 22.7 Å². The van der Waals surface area contributed by atoms with Gasteiger partial charge in [0.05, 0.1) is 12.8 Å². The predicted octanol–water partition coefficient (Wildman–Crippen LogP) is 2.47. The first-order valence-corrected chi connectivity index (χ1v) is 8.06. The average molecular weight is 266 g/mol. The van der Waals surface area contributed by atoms with Gasteiger partial charge >= 0.3 is 0 Å². The van der Waals surface area contributed by atoms with Gasteiger partial charge in [0.1, 0.15) is 5.76 Å². The van der Waals surface area contributed by atoms with Crippen LogP contribution in [0.5, 0.6) is 0 Å². The first-order valence-electron chi connectivity index (χ1n) is 6.91. The van der Waals surface area contributed by atoms with Gasteiger partial charge in [0.25, 0.3) is 0 Å². The summed E-state index contributed by atoms with van der Waals surface area (Å²) in [6.45, 7) is 1.71. The number of hydrogen-bond donors (Lipinski definition) is 1. The number of thioether (sulfide) groups is 1. The highest BCUT2D eigenvalue weighted by molar-refractivity contribution is 7.99. The van der Waals surface area contributed by atoms with E-state index in [9.17, 15) is 0 Å². The third kappa shape index (κ3) is 2.46. The van der Waals surface area contributed by atoms with Crippen LogP contribution in [-0.2, 0) is 6.54 Å². The van der Waals surface area contributed by atoms with Crippen LogP contribution in [0.2, 0.25) is 0 Å². The number of nitrogens with zero attached hydrogens (tertiary/aromatic N) is 1. The molecule has 1 saturated carbocycles. The summed E-state index contributed by atoms with van der Waals surface area (Å²) in [6.07, 6.45) is 6.88. The molecule has 0 spiro atoms. The molecule has 2 fully saturated rings. The van der Waals surface area contributed by atoms with Crippen molar-refractivity contribution in [1.82, 2.24) is 4.90 Å². The van der Waals surface area contributed by atoms with Crippen LogP contribution < -0.4 is 5.73 Å². The number of rotatable bonds is 5. The summed E-state index contributed by atoms with van der Waals surface area (Å²) in [5.74, 6) is 3.57. The van der Waals surface area contributed by atoms with Crippen molar-refractivity contribution in [3.05, 3.63) is 24.2 Å². The minimum absolute atomic E-state index is 0.221. The highest BCUT2D eigenvalue weighted by Crippen LogP contribution is 2.40. The van der Waals surface area contributed by atoms with Crippen LogP contribution in [0.15, 0.2) is 22.8 Å². The van der Waals surface area contributed by atoms with Gasteiger partial charge < -0.3 is 10.2 Å². The zero-order valence-corrected chi connectivity index (χ0v) is 11.6. The molecule has 4 heteroatoms. The van der Waals surface area contributed by atoms with Gasteiger partial charge in [-0.05, 0) is 49.3 Å². The zero-order chi connectivity index (χ0) is 12.4. The van der Waals surface area contributed by atoms with Crippen molar-refractivity contribution in [2.75, 3.05) is 18.1 Å². The van der Waals surface area contributed by atoms with Gasteiger partial charge in [0, 0.05) is 18.1 Å². The Balaban J connectivity index is 1.78. The molecule has 1 saturated heterocycles. The fourth-order valence-corrected chi connectivity index (χ4v) is 4.25. The average Bonchev–Trinajstić information content (AvgIpc) is 3.13. The van der Waals surface area contributed by atoms with E-state index in [4.69, 9.17) is 10.2 Å². The molecule has 1 aromatic rings. The summed E-state index contributed by atoms with van der Waals surface area (Å²) in [6, 6.07) is 4.80. The number of nitrogens with two attached hydrogens (primary N) is 1. The quantitative estimate of drug-likeness (QED) is 0.889. The largest absolute Gasteiger partial charge is 0.468 e. The molecule has 18 heavy (non-hydrogen) atoms. The van der Waals surface area contributed by atoms with Crippen molar-refractivity contribution in [3.8, 4) is 0 Å². The summed E-state index contributed by atoms with van der Waals surface area (Å²) in [4.78, 5) is 2.64. The van der Waals surface area contributed by atoms with E-state index in [0.29, 0.717) is 0 Å². The lowest BCUT2D eigenvalue weighted by Crippen LogP contribution is -2.56. The Morgan fingerprint density at radius 2 is 2.17 bits per heavy atom. The Morgan fingerprint density at radius 1 is 1.39 bits per heavy atom. The normalized spacial score (nSPS) is 23.4. The minimum Gasteiger partial charge on any atom is -0.468 e. The van der Waals surface area contributed by atoms with Crippen molar-refractivity contribution in [3.63, 3.8) is 0 Å². The molecule has 2 aliphatic rings. The van der Waals surface area contributed by atoms with Gasteiger partial charge in [-0.25, -0.2) is 0 Å². The van der Waals surface area contributed by atoms with Crippen LogP contribution in [-0.4, -0.2) is 34.5 Å². The van der Waals surface area contributed by atoms with E-state index in [-0.39, 0.29) is 5.54 Å². The molecule has 0 atom stereocenters. The molecule has 3 rings (SSSR count). The van der Waals surface area contributed by atoms with E-state index in [0.717, 1.165) is 24.9 Å². The summed E-state index contributed by atoms with van der Waals surface area (Å²) in [5.41, 5.74) is 6.37. The molecule has 0 radical (unpaired) electrons. The lowest BCUT2D eigenvalue weighted by molar-refractivity contribution is 0.0606. The third-order valence-corrected chi connectivity index (χ3v) is 5.29. The van der Waals surface area contributed by atoms with Crippen LogP contribution in [0.1, 0.15) is 31.4 Å². The number of furan rings is 1.